The molecule has 13 heavy (non-hydrogen) atoms. The minimum atomic E-state index is -0.336. The summed E-state index contributed by atoms with van der Waals surface area (Å²) < 4.78 is 0.701. The topological polar surface area (TPSA) is 29.5 Å². The van der Waals surface area contributed by atoms with E-state index in [1.165, 1.54) is 6.92 Å². The molecule has 4 heteroatoms. The van der Waals surface area contributed by atoms with Crippen molar-refractivity contribution < 1.29 is 9.63 Å². The van der Waals surface area contributed by atoms with E-state index in [1.807, 2.05) is 30.3 Å². The van der Waals surface area contributed by atoms with Crippen molar-refractivity contribution in [1.82, 2.24) is 4.58 Å². The molecule has 3 nitrogen and oxygen atoms in total. The summed E-state index contributed by atoms with van der Waals surface area (Å²) in [7, 11) is 0. The molecule has 70 valence electrons. The number of carbonyl (C=O) groups is 1. The molecule has 0 radical (unpaired) electrons. The molecule has 0 aliphatic carbocycles. The normalized spacial score (nSPS) is 9.69. The molecule has 0 bridgehead atoms. The van der Waals surface area contributed by atoms with Gasteiger partial charge in [0.2, 0.25) is 0 Å². The van der Waals surface area contributed by atoms with E-state index in [2.05, 4.69) is 0 Å². The molecule has 1 aromatic carbocycles. The van der Waals surface area contributed by atoms with Gasteiger partial charge in [-0.2, -0.15) is 0 Å². The Kier molecular flexibility index (Phi) is 3.73. The molecule has 0 saturated heterocycles. The Hall–Kier alpha value is -1.06. The van der Waals surface area contributed by atoms with Gasteiger partial charge in [-0.1, -0.05) is 30.3 Å². The van der Waals surface area contributed by atoms with Gasteiger partial charge < -0.3 is 0 Å². The Morgan fingerprint density at radius 3 is 2.62 bits per heavy atom. The van der Waals surface area contributed by atoms with Crippen LogP contribution in [0.2, 0.25) is 0 Å². The highest BCUT2D eigenvalue weighted by Gasteiger charge is 2.04. The van der Waals surface area contributed by atoms with Crippen LogP contribution in [0, 0.1) is 0 Å². The maximum Gasteiger partial charge on any atom is 0.258 e. The molecule has 0 aliphatic heterocycles. The molecule has 0 spiro atoms. The van der Waals surface area contributed by atoms with E-state index in [4.69, 9.17) is 16.6 Å². The Morgan fingerprint density at radius 2 is 2.08 bits per heavy atom. The molecule has 1 rings (SSSR count). The molecule has 0 atom stereocenters. The van der Waals surface area contributed by atoms with Crippen molar-refractivity contribution in [2.24, 2.45) is 0 Å². The Morgan fingerprint density at radius 1 is 1.46 bits per heavy atom. The van der Waals surface area contributed by atoms with Crippen molar-refractivity contribution >= 4 is 17.7 Å². The van der Waals surface area contributed by atoms with Gasteiger partial charge in [0.1, 0.15) is 6.61 Å². The van der Waals surface area contributed by atoms with E-state index < -0.39 is 0 Å². The van der Waals surface area contributed by atoms with E-state index in [0.29, 0.717) is 11.2 Å². The average molecular weight is 200 g/mol. The number of carbonyl (C=O) groups excluding carboxylic acids is 1. The van der Waals surface area contributed by atoms with Gasteiger partial charge in [-0.25, -0.2) is 0 Å². The second-order valence-electron chi connectivity index (χ2n) is 2.52. The molecule has 0 saturated carbocycles. The molecule has 0 unspecified atom stereocenters. The smallest absolute Gasteiger partial charge is 0.258 e. The van der Waals surface area contributed by atoms with Crippen molar-refractivity contribution in [3.8, 4) is 0 Å². The van der Waals surface area contributed by atoms with Crippen LogP contribution in [-0.2, 0) is 16.2 Å². The predicted molar refractivity (Wildman–Crippen MR) is 49.6 cm³/mol. The molecule has 0 fully saturated rings. The van der Waals surface area contributed by atoms with Crippen molar-refractivity contribution in [3.05, 3.63) is 35.9 Å². The van der Waals surface area contributed by atoms with Gasteiger partial charge >= 0.3 is 0 Å². The first-order valence-electron chi connectivity index (χ1n) is 3.83. The van der Waals surface area contributed by atoms with Crippen LogP contribution in [0.5, 0.6) is 0 Å². The van der Waals surface area contributed by atoms with Crippen molar-refractivity contribution in [2.45, 2.75) is 13.5 Å². The largest absolute Gasteiger partial charge is 0.272 e. The quantitative estimate of drug-likeness (QED) is 0.551. The molecule has 0 heterocycles. The molecule has 0 aromatic heterocycles. The zero-order valence-electron chi connectivity index (χ0n) is 7.24. The van der Waals surface area contributed by atoms with Crippen molar-refractivity contribution in [3.63, 3.8) is 0 Å². The van der Waals surface area contributed by atoms with E-state index in [9.17, 15) is 4.79 Å². The maximum atomic E-state index is 10.6. The number of benzene rings is 1. The summed E-state index contributed by atoms with van der Waals surface area (Å²) in [6, 6.07) is 9.48. The number of hydrogen-bond donors (Lipinski definition) is 0. The van der Waals surface area contributed by atoms with Gasteiger partial charge in [0.25, 0.3) is 5.91 Å². The van der Waals surface area contributed by atoms with Crippen molar-refractivity contribution in [1.29, 1.82) is 0 Å². The fourth-order valence-electron chi connectivity index (χ4n) is 0.796. The second-order valence-corrected chi connectivity index (χ2v) is 2.83. The third-order valence-electron chi connectivity index (χ3n) is 1.43. The van der Waals surface area contributed by atoms with Crippen LogP contribution in [0.4, 0.5) is 0 Å². The summed E-state index contributed by atoms with van der Waals surface area (Å²) >= 11 is 5.43. The van der Waals surface area contributed by atoms with Crippen LogP contribution in [0.25, 0.3) is 0 Å². The number of amides is 1. The Balaban J connectivity index is 2.39. The molecule has 1 amide bonds. The van der Waals surface area contributed by atoms with Gasteiger partial charge in [0.05, 0.1) is 0 Å². The highest BCUT2D eigenvalue weighted by Crippen LogP contribution is 2.04. The summed E-state index contributed by atoms with van der Waals surface area (Å²) in [6.45, 7) is 1.63. The van der Waals surface area contributed by atoms with E-state index in [0.717, 1.165) is 5.56 Å². The zero-order chi connectivity index (χ0) is 9.68. The van der Waals surface area contributed by atoms with Crippen molar-refractivity contribution in [2.75, 3.05) is 0 Å². The van der Waals surface area contributed by atoms with Gasteiger partial charge in [0.15, 0.2) is 0 Å². The Labute approximate surface area is 81.9 Å². The van der Waals surface area contributed by atoms with Crippen LogP contribution < -0.4 is 0 Å². The number of nitrogens with zero attached hydrogens (tertiary/aromatic N) is 1. The number of halogens is 1. The van der Waals surface area contributed by atoms with Crippen LogP contribution in [-0.4, -0.2) is 10.5 Å². The Bertz CT molecular complexity index is 276. The fraction of sp³-hybridized carbons (Fsp3) is 0.222. The summed E-state index contributed by atoms with van der Waals surface area (Å²) in [5, 5.41) is 0. The predicted octanol–water partition coefficient (Wildman–Crippen LogP) is 2.12. The number of rotatable bonds is 3. The average Bonchev–Trinajstić information content (AvgIpc) is 2.15. The molecular weight excluding hydrogens is 190 g/mol. The van der Waals surface area contributed by atoms with Crippen LogP contribution in [0.1, 0.15) is 12.5 Å². The summed E-state index contributed by atoms with van der Waals surface area (Å²) in [4.78, 5) is 15.6. The van der Waals surface area contributed by atoms with Crippen LogP contribution in [0.3, 0.4) is 0 Å². The summed E-state index contributed by atoms with van der Waals surface area (Å²) in [5.41, 5.74) is 0.967. The lowest BCUT2D eigenvalue weighted by Gasteiger charge is -2.10. The molecular formula is C9H10ClNO2. The monoisotopic (exact) mass is 199 g/mol. The summed E-state index contributed by atoms with van der Waals surface area (Å²) in [6.07, 6.45) is 0. The minimum absolute atomic E-state index is 0.296. The van der Waals surface area contributed by atoms with E-state index in [1.54, 1.807) is 0 Å². The lowest BCUT2D eigenvalue weighted by molar-refractivity contribution is -0.159. The number of hydrogen-bond acceptors (Lipinski definition) is 2. The highest BCUT2D eigenvalue weighted by atomic mass is 35.5. The SMILES string of the molecule is CC(=O)N(Cl)OCc1ccccc1. The van der Waals surface area contributed by atoms with Gasteiger partial charge in [-0.3, -0.25) is 9.63 Å². The third-order valence-corrected chi connectivity index (χ3v) is 1.77. The highest BCUT2D eigenvalue weighted by molar-refractivity contribution is 6.19. The lowest BCUT2D eigenvalue weighted by Crippen LogP contribution is -2.18. The first-order valence-corrected chi connectivity index (χ1v) is 4.17. The minimum Gasteiger partial charge on any atom is -0.272 e. The van der Waals surface area contributed by atoms with E-state index in [-0.39, 0.29) is 5.91 Å². The third kappa shape index (κ3) is 3.44. The first-order chi connectivity index (χ1) is 6.20. The van der Waals surface area contributed by atoms with Crippen LogP contribution in [0.15, 0.2) is 30.3 Å². The van der Waals surface area contributed by atoms with Gasteiger partial charge in [-0.05, 0) is 5.56 Å². The standard InChI is InChI=1S/C9H10ClNO2/c1-8(12)11(10)13-7-9-5-3-2-4-6-9/h2-6H,7H2,1H3. The van der Waals surface area contributed by atoms with E-state index >= 15 is 0 Å². The molecule has 0 aliphatic rings. The second kappa shape index (κ2) is 4.84. The lowest BCUT2D eigenvalue weighted by atomic mass is 10.2. The van der Waals surface area contributed by atoms with Gasteiger partial charge in [0, 0.05) is 18.7 Å². The van der Waals surface area contributed by atoms with Gasteiger partial charge in [-0.15, -0.1) is 4.58 Å². The zero-order valence-corrected chi connectivity index (χ0v) is 7.99. The number of hydroxylamine groups is 1. The fourth-order valence-corrected chi connectivity index (χ4v) is 0.845. The molecule has 0 N–H and O–H groups in total. The summed E-state index contributed by atoms with van der Waals surface area (Å²) in [5.74, 6) is -0.336. The first kappa shape index (κ1) is 10.0. The maximum absolute atomic E-state index is 10.6. The van der Waals surface area contributed by atoms with Crippen LogP contribution >= 0.6 is 11.8 Å². The molecule has 1 aromatic rings.